The number of fused-ring (bicyclic) bond motifs is 7. The molecule has 8 heteroatoms. The number of imidazole rings is 1. The smallest absolute Gasteiger partial charge is 0.294 e. The molecule has 2 aliphatic heterocycles. The van der Waals surface area contributed by atoms with Crippen molar-refractivity contribution in [1.82, 2.24) is 19.1 Å². The van der Waals surface area contributed by atoms with Gasteiger partial charge in [0, 0.05) is 52.6 Å². The van der Waals surface area contributed by atoms with E-state index in [1.807, 2.05) is 24.3 Å². The van der Waals surface area contributed by atoms with Gasteiger partial charge in [0.25, 0.3) is 5.79 Å². The Kier molecular flexibility index (Phi) is 11.4. The first-order valence-corrected chi connectivity index (χ1v) is 20.5. The molecule has 1 unspecified atom stereocenters. The number of aromatic amines is 1. The van der Waals surface area contributed by atoms with Crippen LogP contribution in [0.2, 0.25) is 0 Å². The van der Waals surface area contributed by atoms with Gasteiger partial charge < -0.3 is 14.1 Å². The number of azo groups is 1. The molecule has 54 heavy (non-hydrogen) atoms. The van der Waals surface area contributed by atoms with Crippen molar-refractivity contribution in [3.05, 3.63) is 123 Å². The summed E-state index contributed by atoms with van der Waals surface area (Å²) in [5, 5.41) is 12.8. The number of benzene rings is 2. The molecule has 280 valence electrons. The highest BCUT2D eigenvalue weighted by atomic mass is 15.4. The van der Waals surface area contributed by atoms with Crippen LogP contribution in [0.4, 0.5) is 0 Å². The zero-order valence-electron chi connectivity index (χ0n) is 33.1. The van der Waals surface area contributed by atoms with E-state index < -0.39 is 5.79 Å². The minimum atomic E-state index is -1.31. The Morgan fingerprint density at radius 1 is 0.611 bits per heavy atom. The van der Waals surface area contributed by atoms with Crippen LogP contribution >= 0.6 is 0 Å². The van der Waals surface area contributed by atoms with Crippen LogP contribution in [0.25, 0.3) is 28.5 Å². The van der Waals surface area contributed by atoms with Gasteiger partial charge in [-0.15, -0.1) is 10.2 Å². The molecule has 0 saturated heterocycles. The molecule has 0 amide bonds. The van der Waals surface area contributed by atoms with Crippen molar-refractivity contribution in [2.24, 2.45) is 20.2 Å². The number of hydrogen-bond donors (Lipinski definition) is 1. The van der Waals surface area contributed by atoms with Gasteiger partial charge in [-0.1, -0.05) is 128 Å². The van der Waals surface area contributed by atoms with Gasteiger partial charge in [0.1, 0.15) is 11.2 Å². The van der Waals surface area contributed by atoms with Crippen molar-refractivity contribution in [1.29, 1.82) is 0 Å². The second-order valence-corrected chi connectivity index (χ2v) is 14.6. The summed E-state index contributed by atoms with van der Waals surface area (Å²) in [4.78, 5) is 20.4. The van der Waals surface area contributed by atoms with Crippen molar-refractivity contribution in [2.45, 2.75) is 125 Å². The van der Waals surface area contributed by atoms with Crippen LogP contribution in [0.3, 0.4) is 0 Å². The summed E-state index contributed by atoms with van der Waals surface area (Å²) in [7, 11) is 0. The number of nitrogens with one attached hydrogen (secondary N) is 1. The first-order chi connectivity index (χ1) is 26.5. The van der Waals surface area contributed by atoms with E-state index in [1.165, 1.54) is 38.7 Å². The van der Waals surface area contributed by atoms with E-state index in [2.05, 4.69) is 110 Å². The first kappa shape index (κ1) is 37.2. The minimum absolute atomic E-state index is 0.687. The Hall–Kier alpha value is -5.11. The van der Waals surface area contributed by atoms with Crippen molar-refractivity contribution in [2.75, 3.05) is 0 Å². The lowest BCUT2D eigenvalue weighted by atomic mass is 9.97. The summed E-state index contributed by atoms with van der Waals surface area (Å²) >= 11 is 0. The van der Waals surface area contributed by atoms with E-state index >= 15 is 0 Å². The monoisotopic (exact) mass is 720 g/mol. The molecule has 0 aliphatic carbocycles. The summed E-state index contributed by atoms with van der Waals surface area (Å²) in [5.41, 5.74) is 12.0. The van der Waals surface area contributed by atoms with Crippen molar-refractivity contribution >= 4 is 23.1 Å². The van der Waals surface area contributed by atoms with Gasteiger partial charge in [-0.05, 0) is 67.4 Å². The predicted molar refractivity (Wildman–Crippen MR) is 221 cm³/mol. The number of rotatable bonds is 14. The molecule has 8 nitrogen and oxygen atoms in total. The van der Waals surface area contributed by atoms with E-state index in [-0.39, 0.29) is 0 Å². The second kappa shape index (κ2) is 16.5. The molecule has 2 aromatic carbocycles. The summed E-state index contributed by atoms with van der Waals surface area (Å²) in [6.07, 6.45) is 12.1. The standard InChI is InChI=1S/C46H56N8/c1-7-19-35-36(20-8-2)43-38(22-10-4)44-49-46(52-51-44,33-25-17-14-18-26-33)50-45-41(32-23-15-13-16-24-32)48-40(53(45)29-11-5)31-34-27-28-39(47-34)37(21-9-3)42(35)54(43)30-12-6/h13-18,23-28,31,47H,7-12,19-22,29-30H2,1-6H3. The molecule has 7 rings (SSSR count). The number of nitrogens with zero attached hydrogens (tertiary/aromatic N) is 7. The van der Waals surface area contributed by atoms with Crippen LogP contribution in [0, 0.1) is 0 Å². The third-order valence-electron chi connectivity index (χ3n) is 10.5. The Morgan fingerprint density at radius 2 is 1.22 bits per heavy atom. The molecule has 5 heterocycles. The zero-order chi connectivity index (χ0) is 37.7. The van der Waals surface area contributed by atoms with Crippen LogP contribution < -0.4 is 21.7 Å². The van der Waals surface area contributed by atoms with E-state index in [0.29, 0.717) is 5.84 Å². The van der Waals surface area contributed by atoms with E-state index in [1.54, 1.807) is 0 Å². The van der Waals surface area contributed by atoms with Gasteiger partial charge in [0.05, 0.1) is 5.35 Å². The van der Waals surface area contributed by atoms with Gasteiger partial charge in [0.2, 0.25) is 0 Å². The molecule has 0 radical (unpaired) electrons. The normalized spacial score (nSPS) is 16.4. The lowest BCUT2D eigenvalue weighted by Crippen LogP contribution is -2.33. The lowest BCUT2D eigenvalue weighted by molar-refractivity contribution is 0.469. The second-order valence-electron chi connectivity index (χ2n) is 14.6. The molecule has 1 N–H and O–H groups in total. The fourth-order valence-electron chi connectivity index (χ4n) is 8.33. The summed E-state index contributed by atoms with van der Waals surface area (Å²) in [5.74, 6) is -0.618. The summed E-state index contributed by atoms with van der Waals surface area (Å²) < 4.78 is 4.89. The fraction of sp³-hybridized carbons (Fsp3) is 0.413. The van der Waals surface area contributed by atoms with Gasteiger partial charge in [-0.25, -0.2) is 15.0 Å². The number of hydrogen-bond acceptors (Lipinski definition) is 5. The third-order valence-corrected chi connectivity index (χ3v) is 10.5. The van der Waals surface area contributed by atoms with Crippen molar-refractivity contribution in [3.8, 4) is 11.3 Å². The molecule has 8 bridgehead atoms. The SMILES string of the molecule is CCCC1=c2c(CCC)c(CCC)c(n2CCC)=C(CCC)c2ccc([nH]2)C=c2nc(-c3ccccc3)c(n2CCC)=NC2(c3ccccc3)N=NC1=N2. The summed E-state index contributed by atoms with van der Waals surface area (Å²) in [6.45, 7) is 15.3. The highest BCUT2D eigenvalue weighted by Crippen LogP contribution is 2.36. The average molecular weight is 721 g/mol. The highest BCUT2D eigenvalue weighted by molar-refractivity contribution is 6.18. The average Bonchev–Trinajstić information content (AvgIpc) is 3.97. The predicted octanol–water partition coefficient (Wildman–Crippen LogP) is 8.49. The molecule has 5 aromatic rings. The number of aromatic nitrogens is 4. The third kappa shape index (κ3) is 6.87. The Balaban J connectivity index is 1.74. The van der Waals surface area contributed by atoms with E-state index in [0.717, 1.165) is 111 Å². The molecular weight excluding hydrogens is 665 g/mol. The molecule has 3 aromatic heterocycles. The maximum Gasteiger partial charge on any atom is 0.294 e. The highest BCUT2D eigenvalue weighted by Gasteiger charge is 2.38. The first-order valence-electron chi connectivity index (χ1n) is 20.5. The number of aliphatic imine (C=N–C) groups is 1. The van der Waals surface area contributed by atoms with Crippen LogP contribution in [0.5, 0.6) is 0 Å². The van der Waals surface area contributed by atoms with Crippen LogP contribution in [0.1, 0.15) is 121 Å². The van der Waals surface area contributed by atoms with E-state index in [4.69, 9.17) is 25.2 Å². The Morgan fingerprint density at radius 3 is 1.87 bits per heavy atom. The Labute approximate surface area is 319 Å². The van der Waals surface area contributed by atoms with Crippen LogP contribution in [0.15, 0.2) is 93.0 Å². The maximum atomic E-state index is 5.61. The number of amidine groups is 1. The maximum absolute atomic E-state index is 5.61. The molecule has 0 saturated carbocycles. The van der Waals surface area contributed by atoms with Crippen molar-refractivity contribution in [3.63, 3.8) is 0 Å². The van der Waals surface area contributed by atoms with Crippen LogP contribution in [-0.4, -0.2) is 24.9 Å². The van der Waals surface area contributed by atoms with Crippen molar-refractivity contribution < 1.29 is 0 Å². The van der Waals surface area contributed by atoms with E-state index in [9.17, 15) is 0 Å². The quantitative estimate of drug-likeness (QED) is 0.123. The fourth-order valence-corrected chi connectivity index (χ4v) is 8.33. The summed E-state index contributed by atoms with van der Waals surface area (Å²) in [6, 6.07) is 25.2. The Bertz CT molecular complexity index is 2410. The molecule has 0 fully saturated rings. The minimum Gasteiger partial charge on any atom is -0.355 e. The molecule has 1 atom stereocenters. The van der Waals surface area contributed by atoms with Gasteiger partial charge >= 0.3 is 0 Å². The molecular formula is C46H56N8. The molecule has 2 aliphatic rings. The van der Waals surface area contributed by atoms with Gasteiger partial charge in [-0.2, -0.15) is 0 Å². The largest absolute Gasteiger partial charge is 0.355 e. The number of H-pyrrole nitrogens is 1. The topological polar surface area (TPSA) is 88.0 Å². The van der Waals surface area contributed by atoms with Gasteiger partial charge in [-0.3, -0.25) is 0 Å². The lowest BCUT2D eigenvalue weighted by Gasteiger charge is -2.18. The zero-order valence-corrected chi connectivity index (χ0v) is 33.1. The van der Waals surface area contributed by atoms with Crippen LogP contribution in [-0.2, 0) is 31.7 Å². The molecule has 0 spiro atoms. The van der Waals surface area contributed by atoms with Gasteiger partial charge in [0.15, 0.2) is 11.3 Å².